The molecule has 0 aromatic carbocycles. The van der Waals surface area contributed by atoms with Crippen molar-refractivity contribution in [3.8, 4) is 0 Å². The molecule has 2 heterocycles. The zero-order valence-corrected chi connectivity index (χ0v) is 13.6. The van der Waals surface area contributed by atoms with E-state index in [1.54, 1.807) is 16.2 Å². The molecule has 1 aromatic rings. The fourth-order valence-corrected chi connectivity index (χ4v) is 3.70. The van der Waals surface area contributed by atoms with Gasteiger partial charge in [-0.2, -0.15) is 0 Å². The number of carbonyl (C=O) groups excluding carboxylic acids is 1. The first-order valence-corrected chi connectivity index (χ1v) is 7.82. The van der Waals surface area contributed by atoms with Crippen molar-refractivity contribution in [3.63, 3.8) is 0 Å². The maximum atomic E-state index is 12.3. The smallest absolute Gasteiger partial charge is 0.335 e. The first kappa shape index (κ1) is 16.0. The number of aliphatic carboxylic acids is 1. The van der Waals surface area contributed by atoms with Gasteiger partial charge in [-0.25, -0.2) is 4.79 Å². The zero-order chi connectivity index (χ0) is 15.8. The molecule has 1 fully saturated rings. The molecule has 21 heavy (non-hydrogen) atoms. The maximum Gasteiger partial charge on any atom is 0.335 e. The standard InChI is InChI=1S/C15H21NO4S/c1-5-9-6-7-10(21-9)12-13(14(18)19)20-8-11(17)16(12)15(2,3)4/h6-7,12-13H,5,8H2,1-4H3,(H,18,19). The van der Waals surface area contributed by atoms with Crippen LogP contribution in [0.15, 0.2) is 12.1 Å². The molecule has 116 valence electrons. The Bertz CT molecular complexity index is 546. The molecule has 2 atom stereocenters. The second kappa shape index (κ2) is 5.77. The van der Waals surface area contributed by atoms with E-state index in [-0.39, 0.29) is 12.5 Å². The van der Waals surface area contributed by atoms with Crippen LogP contribution in [0.5, 0.6) is 0 Å². The van der Waals surface area contributed by atoms with Crippen LogP contribution < -0.4 is 0 Å². The molecule has 1 saturated heterocycles. The van der Waals surface area contributed by atoms with E-state index in [4.69, 9.17) is 4.74 Å². The Morgan fingerprint density at radius 3 is 2.62 bits per heavy atom. The van der Waals surface area contributed by atoms with Crippen molar-refractivity contribution < 1.29 is 19.4 Å². The van der Waals surface area contributed by atoms with Crippen LogP contribution in [0.3, 0.4) is 0 Å². The molecular weight excluding hydrogens is 290 g/mol. The summed E-state index contributed by atoms with van der Waals surface area (Å²) < 4.78 is 5.30. The number of morpholine rings is 1. The fraction of sp³-hybridized carbons (Fsp3) is 0.600. The summed E-state index contributed by atoms with van der Waals surface area (Å²) in [5, 5.41) is 9.45. The number of carboxylic acids is 1. The van der Waals surface area contributed by atoms with Gasteiger partial charge in [0, 0.05) is 15.3 Å². The van der Waals surface area contributed by atoms with Crippen molar-refractivity contribution in [1.82, 2.24) is 4.90 Å². The van der Waals surface area contributed by atoms with Crippen LogP contribution in [0.1, 0.15) is 43.5 Å². The summed E-state index contributed by atoms with van der Waals surface area (Å²) in [4.78, 5) is 27.5. The van der Waals surface area contributed by atoms with Crippen LogP contribution in [0, 0.1) is 0 Å². The van der Waals surface area contributed by atoms with Crippen molar-refractivity contribution in [3.05, 3.63) is 21.9 Å². The van der Waals surface area contributed by atoms with E-state index in [0.29, 0.717) is 0 Å². The molecule has 2 unspecified atom stereocenters. The molecule has 0 bridgehead atoms. The number of rotatable bonds is 3. The van der Waals surface area contributed by atoms with E-state index in [9.17, 15) is 14.7 Å². The summed E-state index contributed by atoms with van der Waals surface area (Å²) in [5.41, 5.74) is -0.463. The van der Waals surface area contributed by atoms with E-state index in [1.807, 2.05) is 39.8 Å². The molecule has 0 aliphatic carbocycles. The molecule has 1 aliphatic rings. The van der Waals surface area contributed by atoms with Gasteiger partial charge in [0.25, 0.3) is 0 Å². The van der Waals surface area contributed by atoms with E-state index < -0.39 is 23.7 Å². The third-order valence-corrected chi connectivity index (χ3v) is 4.81. The average Bonchev–Trinajstić information content (AvgIpc) is 2.84. The molecular formula is C15H21NO4S. The van der Waals surface area contributed by atoms with Gasteiger partial charge in [0.2, 0.25) is 5.91 Å². The Morgan fingerprint density at radius 2 is 2.14 bits per heavy atom. The average molecular weight is 311 g/mol. The SMILES string of the molecule is CCc1ccc(C2C(C(=O)O)OCC(=O)N2C(C)(C)C)s1. The summed E-state index contributed by atoms with van der Waals surface area (Å²) in [5.74, 6) is -1.20. The molecule has 0 spiro atoms. The first-order valence-electron chi connectivity index (χ1n) is 7.01. The number of carbonyl (C=O) groups is 2. The molecule has 1 amide bonds. The maximum absolute atomic E-state index is 12.3. The van der Waals surface area contributed by atoms with Crippen molar-refractivity contribution >= 4 is 23.2 Å². The minimum atomic E-state index is -1.03. The monoisotopic (exact) mass is 311 g/mol. The first-order chi connectivity index (χ1) is 9.75. The number of nitrogens with zero attached hydrogens (tertiary/aromatic N) is 1. The Balaban J connectivity index is 2.48. The molecule has 2 rings (SSSR count). The van der Waals surface area contributed by atoms with Gasteiger partial charge in [-0.3, -0.25) is 4.79 Å². The predicted molar refractivity (Wildman–Crippen MR) is 80.4 cm³/mol. The Kier molecular flexibility index (Phi) is 4.39. The van der Waals surface area contributed by atoms with Gasteiger partial charge in [-0.05, 0) is 39.3 Å². The van der Waals surface area contributed by atoms with E-state index in [2.05, 4.69) is 0 Å². The largest absolute Gasteiger partial charge is 0.479 e. The Morgan fingerprint density at radius 1 is 1.48 bits per heavy atom. The Hall–Kier alpha value is -1.40. The van der Waals surface area contributed by atoms with Crippen molar-refractivity contribution in [2.45, 2.75) is 51.8 Å². The van der Waals surface area contributed by atoms with Crippen molar-refractivity contribution in [2.24, 2.45) is 0 Å². The van der Waals surface area contributed by atoms with E-state index in [1.165, 1.54) is 4.88 Å². The lowest BCUT2D eigenvalue weighted by Crippen LogP contribution is -2.58. The van der Waals surface area contributed by atoms with Gasteiger partial charge in [0.1, 0.15) is 12.6 Å². The van der Waals surface area contributed by atoms with Crippen molar-refractivity contribution in [2.75, 3.05) is 6.61 Å². The van der Waals surface area contributed by atoms with Crippen molar-refractivity contribution in [1.29, 1.82) is 0 Å². The molecule has 5 nitrogen and oxygen atoms in total. The molecule has 0 saturated carbocycles. The highest BCUT2D eigenvalue weighted by Crippen LogP contribution is 2.38. The normalized spacial score (nSPS) is 23.4. The lowest BCUT2D eigenvalue weighted by molar-refractivity contribution is -0.179. The molecule has 1 N–H and O–H groups in total. The van der Waals surface area contributed by atoms with Crippen LogP contribution in [0.4, 0.5) is 0 Å². The van der Waals surface area contributed by atoms with Gasteiger partial charge < -0.3 is 14.7 Å². The third-order valence-electron chi connectivity index (χ3n) is 3.51. The Labute approximate surface area is 128 Å². The summed E-state index contributed by atoms with van der Waals surface area (Å²) in [6.07, 6.45) is -0.135. The number of aryl methyl sites for hydroxylation is 1. The second-order valence-corrected chi connectivity index (χ2v) is 7.31. The van der Waals surface area contributed by atoms with E-state index >= 15 is 0 Å². The van der Waals surface area contributed by atoms with Gasteiger partial charge in [0.15, 0.2) is 6.10 Å². The van der Waals surface area contributed by atoms with Gasteiger partial charge >= 0.3 is 5.97 Å². The van der Waals surface area contributed by atoms with Crippen LogP contribution in [-0.4, -0.2) is 40.1 Å². The highest BCUT2D eigenvalue weighted by atomic mass is 32.1. The minimum Gasteiger partial charge on any atom is -0.479 e. The van der Waals surface area contributed by atoms with Crippen LogP contribution in [-0.2, 0) is 20.7 Å². The predicted octanol–water partition coefficient (Wildman–Crippen LogP) is 2.46. The number of carboxylic acid groups (broad SMARTS) is 1. The second-order valence-electron chi connectivity index (χ2n) is 6.11. The highest BCUT2D eigenvalue weighted by molar-refractivity contribution is 7.12. The summed E-state index contributed by atoms with van der Waals surface area (Å²) >= 11 is 1.55. The number of ether oxygens (including phenoxy) is 1. The lowest BCUT2D eigenvalue weighted by Gasteiger charge is -2.46. The topological polar surface area (TPSA) is 66.8 Å². The van der Waals surface area contributed by atoms with Gasteiger partial charge in [-0.15, -0.1) is 11.3 Å². The molecule has 6 heteroatoms. The quantitative estimate of drug-likeness (QED) is 0.931. The van der Waals surface area contributed by atoms with Crippen LogP contribution in [0.2, 0.25) is 0 Å². The summed E-state index contributed by atoms with van der Waals surface area (Å²) in [6.45, 7) is 7.61. The summed E-state index contributed by atoms with van der Waals surface area (Å²) in [7, 11) is 0. The zero-order valence-electron chi connectivity index (χ0n) is 12.8. The molecule has 1 aliphatic heterocycles. The third kappa shape index (κ3) is 3.11. The lowest BCUT2D eigenvalue weighted by atomic mass is 9.96. The van der Waals surface area contributed by atoms with Gasteiger partial charge in [0.05, 0.1) is 0 Å². The van der Waals surface area contributed by atoms with Gasteiger partial charge in [-0.1, -0.05) is 6.92 Å². The molecule has 0 radical (unpaired) electrons. The molecule has 1 aromatic heterocycles. The number of thiophene rings is 1. The summed E-state index contributed by atoms with van der Waals surface area (Å²) in [6, 6.07) is 3.32. The fourth-order valence-electron chi connectivity index (χ4n) is 2.63. The van der Waals surface area contributed by atoms with Crippen LogP contribution in [0.25, 0.3) is 0 Å². The number of amides is 1. The highest BCUT2D eigenvalue weighted by Gasteiger charge is 2.46. The van der Waals surface area contributed by atoms with E-state index in [0.717, 1.165) is 11.3 Å². The van der Waals surface area contributed by atoms with Crippen LogP contribution >= 0.6 is 11.3 Å². The number of hydrogen-bond acceptors (Lipinski definition) is 4. The minimum absolute atomic E-state index is 0.170. The number of hydrogen-bond donors (Lipinski definition) is 1.